The largest absolute Gasteiger partial charge is 0.399 e. The van der Waals surface area contributed by atoms with Gasteiger partial charge in [0.1, 0.15) is 11.6 Å². The van der Waals surface area contributed by atoms with E-state index in [4.69, 9.17) is 5.73 Å². The van der Waals surface area contributed by atoms with Crippen LogP contribution in [-0.4, -0.2) is 4.57 Å². The van der Waals surface area contributed by atoms with Gasteiger partial charge in [-0.1, -0.05) is 30.3 Å². The fourth-order valence-corrected chi connectivity index (χ4v) is 3.52. The molecule has 0 fully saturated rings. The number of fused-ring (bicyclic) bond motifs is 1. The summed E-state index contributed by atoms with van der Waals surface area (Å²) < 4.78 is 29.9. The van der Waals surface area contributed by atoms with Crippen molar-refractivity contribution < 1.29 is 8.78 Å². The van der Waals surface area contributed by atoms with Crippen LogP contribution in [0.3, 0.4) is 0 Å². The van der Waals surface area contributed by atoms with Crippen molar-refractivity contribution in [3.63, 3.8) is 0 Å². The van der Waals surface area contributed by atoms with Crippen LogP contribution in [0.15, 0.2) is 71.7 Å². The van der Waals surface area contributed by atoms with E-state index in [1.165, 1.54) is 22.8 Å². The highest BCUT2D eigenvalue weighted by Crippen LogP contribution is 2.33. The minimum atomic E-state index is -0.590. The molecule has 0 atom stereocenters. The topological polar surface area (TPSA) is 48.0 Å². The lowest BCUT2D eigenvalue weighted by Gasteiger charge is -2.15. The molecular formula is C23H18F2N2O. The van der Waals surface area contributed by atoms with Crippen molar-refractivity contribution in [3.8, 4) is 11.1 Å². The molecule has 0 spiro atoms. The molecular weight excluding hydrogens is 358 g/mol. The third-order valence-electron chi connectivity index (χ3n) is 4.94. The third kappa shape index (κ3) is 3.05. The van der Waals surface area contributed by atoms with Crippen LogP contribution >= 0.6 is 0 Å². The Morgan fingerprint density at radius 2 is 1.57 bits per heavy atom. The quantitative estimate of drug-likeness (QED) is 0.529. The van der Waals surface area contributed by atoms with Crippen molar-refractivity contribution >= 4 is 16.5 Å². The molecule has 2 N–H and O–H groups in total. The molecule has 0 radical (unpaired) electrons. The number of hydrogen-bond acceptors (Lipinski definition) is 2. The van der Waals surface area contributed by atoms with E-state index in [2.05, 4.69) is 0 Å². The molecule has 140 valence electrons. The molecule has 0 bridgehead atoms. The van der Waals surface area contributed by atoms with Crippen LogP contribution in [0.25, 0.3) is 21.9 Å². The van der Waals surface area contributed by atoms with Crippen molar-refractivity contribution in [1.82, 2.24) is 4.57 Å². The van der Waals surface area contributed by atoms with Gasteiger partial charge in [-0.15, -0.1) is 0 Å². The van der Waals surface area contributed by atoms with E-state index in [0.29, 0.717) is 11.1 Å². The second-order valence-electron chi connectivity index (χ2n) is 6.80. The number of aromatic nitrogens is 1. The molecule has 4 rings (SSSR count). The fraction of sp³-hybridized carbons (Fsp3) is 0.0870. The third-order valence-corrected chi connectivity index (χ3v) is 4.94. The molecule has 3 nitrogen and oxygen atoms in total. The van der Waals surface area contributed by atoms with E-state index >= 15 is 0 Å². The van der Waals surface area contributed by atoms with Gasteiger partial charge in [-0.05, 0) is 46.8 Å². The Morgan fingerprint density at radius 1 is 0.893 bits per heavy atom. The summed E-state index contributed by atoms with van der Waals surface area (Å²) in [6.45, 7) is 0. The van der Waals surface area contributed by atoms with Gasteiger partial charge in [0.15, 0.2) is 0 Å². The number of nitrogens with zero attached hydrogens (tertiary/aromatic N) is 1. The van der Waals surface area contributed by atoms with Gasteiger partial charge in [0.05, 0.1) is 0 Å². The van der Waals surface area contributed by atoms with Crippen LogP contribution in [0.1, 0.15) is 11.1 Å². The lowest BCUT2D eigenvalue weighted by Crippen LogP contribution is -2.16. The summed E-state index contributed by atoms with van der Waals surface area (Å²) in [5, 5.41) is 1.35. The van der Waals surface area contributed by atoms with E-state index in [1.54, 1.807) is 37.5 Å². The highest BCUT2D eigenvalue weighted by atomic mass is 19.1. The highest BCUT2D eigenvalue weighted by molar-refractivity contribution is 5.97. The molecule has 28 heavy (non-hydrogen) atoms. The van der Waals surface area contributed by atoms with E-state index in [9.17, 15) is 13.6 Å². The average Bonchev–Trinajstić information content (AvgIpc) is 2.69. The van der Waals surface area contributed by atoms with E-state index in [-0.39, 0.29) is 17.5 Å². The Balaban J connectivity index is 1.98. The molecule has 0 amide bonds. The number of pyridine rings is 1. The van der Waals surface area contributed by atoms with Crippen molar-refractivity contribution in [2.24, 2.45) is 7.05 Å². The van der Waals surface area contributed by atoms with Gasteiger partial charge in [-0.2, -0.15) is 0 Å². The maximum atomic E-state index is 14.2. The first-order valence-corrected chi connectivity index (χ1v) is 8.85. The van der Waals surface area contributed by atoms with E-state index in [0.717, 1.165) is 22.1 Å². The Labute approximate surface area is 160 Å². The number of benzene rings is 3. The summed E-state index contributed by atoms with van der Waals surface area (Å²) >= 11 is 0. The molecule has 0 unspecified atom stereocenters. The van der Waals surface area contributed by atoms with Crippen molar-refractivity contribution in [1.29, 1.82) is 0 Å². The Hall–Kier alpha value is -3.47. The zero-order valence-corrected chi connectivity index (χ0v) is 15.2. The highest BCUT2D eigenvalue weighted by Gasteiger charge is 2.16. The lowest BCUT2D eigenvalue weighted by molar-refractivity contribution is 0.561. The van der Waals surface area contributed by atoms with Crippen LogP contribution in [0, 0.1) is 11.6 Å². The summed E-state index contributed by atoms with van der Waals surface area (Å²) in [6, 6.07) is 16.4. The minimum Gasteiger partial charge on any atom is -0.399 e. The molecule has 1 heterocycles. The van der Waals surface area contributed by atoms with Gasteiger partial charge in [0.25, 0.3) is 5.56 Å². The van der Waals surface area contributed by atoms with Gasteiger partial charge in [0, 0.05) is 41.9 Å². The molecule has 0 aliphatic heterocycles. The maximum absolute atomic E-state index is 14.2. The van der Waals surface area contributed by atoms with Gasteiger partial charge in [0.2, 0.25) is 0 Å². The normalized spacial score (nSPS) is 11.1. The van der Waals surface area contributed by atoms with E-state index in [1.807, 2.05) is 18.2 Å². The Kier molecular flexibility index (Phi) is 4.43. The number of aryl methyl sites for hydroxylation is 1. The molecule has 3 aromatic carbocycles. The number of anilines is 1. The van der Waals surface area contributed by atoms with Crippen LogP contribution in [0.5, 0.6) is 0 Å². The first kappa shape index (κ1) is 17.9. The average molecular weight is 376 g/mol. The van der Waals surface area contributed by atoms with Gasteiger partial charge in [-0.25, -0.2) is 8.78 Å². The summed E-state index contributed by atoms with van der Waals surface area (Å²) in [5.41, 5.74) is 8.70. The van der Waals surface area contributed by atoms with Gasteiger partial charge >= 0.3 is 0 Å². The number of halogens is 2. The first-order valence-electron chi connectivity index (χ1n) is 8.85. The smallest absolute Gasteiger partial charge is 0.258 e. The maximum Gasteiger partial charge on any atom is 0.258 e. The molecule has 0 aliphatic carbocycles. The second-order valence-corrected chi connectivity index (χ2v) is 6.80. The lowest BCUT2D eigenvalue weighted by atomic mass is 9.92. The van der Waals surface area contributed by atoms with Gasteiger partial charge < -0.3 is 10.3 Å². The molecule has 0 saturated heterocycles. The predicted molar refractivity (Wildman–Crippen MR) is 108 cm³/mol. The zero-order valence-electron chi connectivity index (χ0n) is 15.2. The predicted octanol–water partition coefficient (Wildman–Crippen LogP) is 4.66. The Morgan fingerprint density at radius 3 is 2.29 bits per heavy atom. The van der Waals surface area contributed by atoms with Gasteiger partial charge in [-0.3, -0.25) is 4.79 Å². The van der Waals surface area contributed by atoms with Crippen LogP contribution in [-0.2, 0) is 13.5 Å². The first-order chi connectivity index (χ1) is 13.5. The summed E-state index contributed by atoms with van der Waals surface area (Å²) in [7, 11) is 1.68. The fourth-order valence-electron chi connectivity index (χ4n) is 3.52. The van der Waals surface area contributed by atoms with Crippen LogP contribution in [0.4, 0.5) is 14.5 Å². The zero-order chi connectivity index (χ0) is 19.8. The standard InChI is InChI=1S/C23H18F2N2O/c1-27-13-20(16-5-2-3-6-17(16)23(27)28)18-12-15(26)10-9-14(18)11-19-21(24)7-4-8-22(19)25/h2-10,12-13H,11,26H2,1H3. The van der Waals surface area contributed by atoms with Crippen molar-refractivity contribution in [2.45, 2.75) is 6.42 Å². The minimum absolute atomic E-state index is 0.00245. The second kappa shape index (κ2) is 6.93. The molecule has 0 saturated carbocycles. The van der Waals surface area contributed by atoms with E-state index < -0.39 is 11.6 Å². The number of nitrogens with two attached hydrogens (primary N) is 1. The van der Waals surface area contributed by atoms with Crippen molar-refractivity contribution in [3.05, 3.63) is 100.0 Å². The van der Waals surface area contributed by atoms with Crippen molar-refractivity contribution in [2.75, 3.05) is 5.73 Å². The number of nitrogen functional groups attached to an aromatic ring is 1. The number of rotatable bonds is 3. The molecule has 0 aliphatic rings. The Bertz CT molecular complexity index is 1240. The summed E-state index contributed by atoms with van der Waals surface area (Å²) in [4.78, 5) is 12.5. The monoisotopic (exact) mass is 376 g/mol. The molecule has 5 heteroatoms. The van der Waals surface area contributed by atoms with Crippen LogP contribution < -0.4 is 11.3 Å². The summed E-state index contributed by atoms with van der Waals surface area (Å²) in [6.07, 6.45) is 1.81. The molecule has 4 aromatic rings. The van der Waals surface area contributed by atoms with Crippen LogP contribution in [0.2, 0.25) is 0 Å². The SMILES string of the molecule is Cn1cc(-c2cc(N)ccc2Cc2c(F)cccc2F)c2ccccc2c1=O. The number of hydrogen-bond donors (Lipinski definition) is 1. The molecule has 1 aromatic heterocycles. The summed E-state index contributed by atoms with van der Waals surface area (Å²) in [5.74, 6) is -1.18.